The van der Waals surface area contributed by atoms with E-state index in [1.54, 1.807) is 23.8 Å². The van der Waals surface area contributed by atoms with Crippen LogP contribution in [0.25, 0.3) is 16.8 Å². The second-order valence-corrected chi connectivity index (χ2v) is 6.24. The second-order valence-electron chi connectivity index (χ2n) is 5.84. The lowest BCUT2D eigenvalue weighted by molar-refractivity contribution is -0.111. The Labute approximate surface area is 164 Å². The largest absolute Gasteiger partial charge is 0.307 e. The zero-order chi connectivity index (χ0) is 19.7. The molecule has 0 spiro atoms. The zero-order valence-electron chi connectivity index (χ0n) is 14.8. The van der Waals surface area contributed by atoms with Crippen molar-refractivity contribution in [3.8, 4) is 11.3 Å². The van der Waals surface area contributed by atoms with Crippen molar-refractivity contribution in [2.45, 2.75) is 0 Å². The van der Waals surface area contributed by atoms with Crippen molar-refractivity contribution in [1.82, 2.24) is 29.4 Å². The van der Waals surface area contributed by atoms with Gasteiger partial charge >= 0.3 is 0 Å². The normalized spacial score (nSPS) is 10.8. The van der Waals surface area contributed by atoms with Crippen molar-refractivity contribution < 1.29 is 4.79 Å². The monoisotopic (exact) mass is 394 g/mol. The van der Waals surface area contributed by atoms with Gasteiger partial charge in [0.25, 0.3) is 0 Å². The minimum atomic E-state index is -0.326. The number of carbonyl (C=O) groups is 1. The van der Waals surface area contributed by atoms with E-state index in [2.05, 4.69) is 37.4 Å². The van der Waals surface area contributed by atoms with Crippen LogP contribution < -0.4 is 10.6 Å². The number of carbonyl (C=O) groups excluding carboxylic acids is 1. The molecule has 28 heavy (non-hydrogen) atoms. The molecule has 4 rings (SSSR count). The van der Waals surface area contributed by atoms with Crippen LogP contribution in [-0.2, 0) is 11.8 Å². The average molecular weight is 395 g/mol. The van der Waals surface area contributed by atoms with Crippen LogP contribution in [0.15, 0.2) is 55.5 Å². The standard InChI is InChI=1S/C18H15ClN8O/c1-3-16(28)23-15-8-14(25-26(15)2)22-18-20-10-12(19)17(24-18)11-9-21-27-7-5-4-6-13(11)27/h3-10H,1H2,2H3,(H,23,28)(H,20,22,24,25). The number of amides is 1. The molecule has 4 aromatic rings. The van der Waals surface area contributed by atoms with E-state index in [9.17, 15) is 4.79 Å². The van der Waals surface area contributed by atoms with Gasteiger partial charge in [-0.2, -0.15) is 10.2 Å². The lowest BCUT2D eigenvalue weighted by Gasteiger charge is -2.05. The number of nitrogens with zero attached hydrogens (tertiary/aromatic N) is 6. The van der Waals surface area contributed by atoms with Gasteiger partial charge in [-0.3, -0.25) is 9.48 Å². The van der Waals surface area contributed by atoms with Crippen molar-refractivity contribution in [3.63, 3.8) is 0 Å². The fourth-order valence-corrected chi connectivity index (χ4v) is 2.86. The van der Waals surface area contributed by atoms with Crippen LogP contribution in [0.1, 0.15) is 0 Å². The quantitative estimate of drug-likeness (QED) is 0.504. The molecular formula is C18H15ClN8O. The van der Waals surface area contributed by atoms with Gasteiger partial charge < -0.3 is 10.6 Å². The molecule has 4 aromatic heterocycles. The number of fused-ring (bicyclic) bond motifs is 1. The maximum absolute atomic E-state index is 11.5. The number of nitrogens with one attached hydrogen (secondary N) is 2. The summed E-state index contributed by atoms with van der Waals surface area (Å²) < 4.78 is 3.26. The van der Waals surface area contributed by atoms with E-state index >= 15 is 0 Å². The van der Waals surface area contributed by atoms with Crippen molar-refractivity contribution >= 4 is 40.6 Å². The molecule has 4 heterocycles. The maximum atomic E-state index is 11.5. The average Bonchev–Trinajstić information content (AvgIpc) is 3.26. The third-order valence-corrected chi connectivity index (χ3v) is 4.26. The Morgan fingerprint density at radius 3 is 3.00 bits per heavy atom. The molecule has 9 nitrogen and oxygen atoms in total. The van der Waals surface area contributed by atoms with E-state index in [0.29, 0.717) is 28.3 Å². The van der Waals surface area contributed by atoms with Crippen molar-refractivity contribution in [3.05, 3.63) is 60.5 Å². The molecule has 0 atom stereocenters. The Hall–Kier alpha value is -3.72. The minimum absolute atomic E-state index is 0.314. The minimum Gasteiger partial charge on any atom is -0.307 e. The topological polar surface area (TPSA) is 102 Å². The highest BCUT2D eigenvalue weighted by Gasteiger charge is 2.14. The number of rotatable bonds is 5. The van der Waals surface area contributed by atoms with Crippen LogP contribution in [-0.4, -0.2) is 35.3 Å². The first-order chi connectivity index (χ1) is 13.5. The van der Waals surface area contributed by atoms with E-state index in [1.807, 2.05) is 24.4 Å². The van der Waals surface area contributed by atoms with Crippen molar-refractivity contribution in [1.29, 1.82) is 0 Å². The van der Waals surface area contributed by atoms with Crippen LogP contribution in [0.3, 0.4) is 0 Å². The summed E-state index contributed by atoms with van der Waals surface area (Å²) in [7, 11) is 1.71. The first-order valence-corrected chi connectivity index (χ1v) is 8.62. The number of aryl methyl sites for hydroxylation is 1. The highest BCUT2D eigenvalue weighted by molar-refractivity contribution is 6.33. The molecule has 140 valence electrons. The van der Waals surface area contributed by atoms with Crippen LogP contribution >= 0.6 is 11.6 Å². The first-order valence-electron chi connectivity index (χ1n) is 8.25. The molecule has 2 N–H and O–H groups in total. The van der Waals surface area contributed by atoms with Gasteiger partial charge in [0.2, 0.25) is 11.9 Å². The van der Waals surface area contributed by atoms with Gasteiger partial charge in [0, 0.05) is 24.9 Å². The summed E-state index contributed by atoms with van der Waals surface area (Å²) in [5, 5.41) is 14.7. The summed E-state index contributed by atoms with van der Waals surface area (Å²) in [6.45, 7) is 3.43. The third-order valence-electron chi connectivity index (χ3n) is 3.98. The number of anilines is 3. The van der Waals surface area contributed by atoms with Crippen molar-refractivity contribution in [2.75, 3.05) is 10.6 Å². The maximum Gasteiger partial charge on any atom is 0.248 e. The summed E-state index contributed by atoms with van der Waals surface area (Å²) >= 11 is 6.33. The molecule has 0 saturated carbocycles. The molecule has 0 aliphatic rings. The number of hydrogen-bond acceptors (Lipinski definition) is 6. The molecule has 0 aliphatic carbocycles. The molecular weight excluding hydrogens is 380 g/mol. The Balaban J connectivity index is 1.66. The molecule has 0 radical (unpaired) electrons. The molecule has 0 saturated heterocycles. The van der Waals surface area contributed by atoms with E-state index in [1.165, 1.54) is 17.0 Å². The van der Waals surface area contributed by atoms with E-state index in [0.717, 1.165) is 11.1 Å². The number of hydrogen-bond donors (Lipinski definition) is 2. The Morgan fingerprint density at radius 2 is 2.18 bits per heavy atom. The number of aromatic nitrogens is 6. The van der Waals surface area contributed by atoms with Gasteiger partial charge in [-0.15, -0.1) is 0 Å². The summed E-state index contributed by atoms with van der Waals surface area (Å²) in [5.41, 5.74) is 2.22. The molecule has 0 fully saturated rings. The van der Waals surface area contributed by atoms with Gasteiger partial charge in [-0.25, -0.2) is 14.5 Å². The van der Waals surface area contributed by atoms with E-state index < -0.39 is 0 Å². The predicted molar refractivity (Wildman–Crippen MR) is 107 cm³/mol. The SMILES string of the molecule is C=CC(=O)Nc1cc(Nc2ncc(Cl)c(-c3cnn4ccccc34)n2)nn1C. The first kappa shape index (κ1) is 17.7. The Bertz CT molecular complexity index is 1200. The van der Waals surface area contributed by atoms with E-state index in [4.69, 9.17) is 11.6 Å². The molecule has 0 bridgehead atoms. The summed E-state index contributed by atoms with van der Waals surface area (Å²) in [6.07, 6.45) is 6.25. The van der Waals surface area contributed by atoms with E-state index in [-0.39, 0.29) is 5.91 Å². The van der Waals surface area contributed by atoms with Gasteiger partial charge in [0.15, 0.2) is 5.82 Å². The van der Waals surface area contributed by atoms with Crippen LogP contribution in [0.4, 0.5) is 17.6 Å². The molecule has 0 aromatic carbocycles. The third kappa shape index (κ3) is 3.30. The summed E-state index contributed by atoms with van der Waals surface area (Å²) in [5.74, 6) is 0.959. The fraction of sp³-hybridized carbons (Fsp3) is 0.0556. The van der Waals surface area contributed by atoms with Crippen molar-refractivity contribution in [2.24, 2.45) is 7.05 Å². The lowest BCUT2D eigenvalue weighted by Crippen LogP contribution is -2.10. The highest BCUT2D eigenvalue weighted by atomic mass is 35.5. The van der Waals surface area contributed by atoms with Crippen LogP contribution in [0.2, 0.25) is 5.02 Å². The second kappa shape index (κ2) is 7.12. The van der Waals surface area contributed by atoms with Crippen LogP contribution in [0, 0.1) is 0 Å². The molecule has 10 heteroatoms. The smallest absolute Gasteiger partial charge is 0.248 e. The zero-order valence-corrected chi connectivity index (χ0v) is 15.6. The Morgan fingerprint density at radius 1 is 1.32 bits per heavy atom. The number of pyridine rings is 1. The summed E-state index contributed by atoms with van der Waals surface area (Å²) in [4.78, 5) is 20.2. The van der Waals surface area contributed by atoms with Gasteiger partial charge in [-0.05, 0) is 18.2 Å². The fourth-order valence-electron chi connectivity index (χ4n) is 2.67. The molecule has 0 aliphatic heterocycles. The van der Waals surface area contributed by atoms with Gasteiger partial charge in [0.05, 0.1) is 28.6 Å². The molecule has 0 unspecified atom stereocenters. The lowest BCUT2D eigenvalue weighted by atomic mass is 10.2. The predicted octanol–water partition coefficient (Wildman–Crippen LogP) is 3.05. The highest BCUT2D eigenvalue weighted by Crippen LogP contribution is 2.30. The van der Waals surface area contributed by atoms with Gasteiger partial charge in [0.1, 0.15) is 5.82 Å². The van der Waals surface area contributed by atoms with Crippen LogP contribution in [0.5, 0.6) is 0 Å². The van der Waals surface area contributed by atoms with Gasteiger partial charge in [-0.1, -0.05) is 24.2 Å². The summed E-state index contributed by atoms with van der Waals surface area (Å²) in [6, 6.07) is 7.40. The molecule has 1 amide bonds. The number of halogens is 1. The Kier molecular flexibility index (Phi) is 4.50.